The van der Waals surface area contributed by atoms with Gasteiger partial charge in [0.25, 0.3) is 0 Å². The first-order valence-electron chi connectivity index (χ1n) is 4.83. The van der Waals surface area contributed by atoms with Gasteiger partial charge in [-0.15, -0.1) is 0 Å². The Bertz CT molecular complexity index is 646. The van der Waals surface area contributed by atoms with E-state index in [2.05, 4.69) is 10.1 Å². The second-order valence-corrected chi connectivity index (χ2v) is 3.37. The predicted molar refractivity (Wildman–Crippen MR) is 56.9 cm³/mol. The highest BCUT2D eigenvalue weighted by Crippen LogP contribution is 2.09. The number of hydrogen-bond donors (Lipinski definition) is 0. The molecule has 18 heavy (non-hydrogen) atoms. The molecule has 2 aromatic heterocycles. The molecular formula is C10H6FN5O2. The van der Waals surface area contributed by atoms with Gasteiger partial charge in [0.05, 0.1) is 23.1 Å². The first-order valence-corrected chi connectivity index (χ1v) is 4.83. The third kappa shape index (κ3) is 2.30. The van der Waals surface area contributed by atoms with Crippen LogP contribution >= 0.6 is 0 Å². The van der Waals surface area contributed by atoms with Gasteiger partial charge in [0, 0.05) is 0 Å². The van der Waals surface area contributed by atoms with E-state index in [-0.39, 0.29) is 18.1 Å². The molecule has 0 aliphatic carbocycles. The van der Waals surface area contributed by atoms with Gasteiger partial charge in [0.15, 0.2) is 11.5 Å². The Morgan fingerprint density at radius 2 is 2.28 bits per heavy atom. The van der Waals surface area contributed by atoms with Crippen molar-refractivity contribution in [2.24, 2.45) is 0 Å². The Labute approximate surface area is 100 Å². The molecule has 0 N–H and O–H groups in total. The molecule has 0 aliphatic heterocycles. The third-order valence-corrected chi connectivity index (χ3v) is 2.15. The highest BCUT2D eigenvalue weighted by molar-refractivity contribution is 5.24. The van der Waals surface area contributed by atoms with Crippen LogP contribution in [0.1, 0.15) is 11.4 Å². The zero-order valence-electron chi connectivity index (χ0n) is 8.95. The molecule has 0 bridgehead atoms. The van der Waals surface area contributed by atoms with Crippen molar-refractivity contribution in [2.75, 3.05) is 0 Å². The van der Waals surface area contributed by atoms with Crippen molar-refractivity contribution in [2.45, 2.75) is 6.54 Å². The van der Waals surface area contributed by atoms with E-state index in [9.17, 15) is 14.5 Å². The van der Waals surface area contributed by atoms with Crippen molar-refractivity contribution in [3.63, 3.8) is 0 Å². The van der Waals surface area contributed by atoms with Gasteiger partial charge >= 0.3 is 5.82 Å². The lowest BCUT2D eigenvalue weighted by molar-refractivity contribution is -0.389. The lowest BCUT2D eigenvalue weighted by Gasteiger charge is -1.99. The van der Waals surface area contributed by atoms with Crippen molar-refractivity contribution in [3.05, 3.63) is 51.7 Å². The molecule has 2 aromatic rings. The summed E-state index contributed by atoms with van der Waals surface area (Å²) in [6.45, 7) is 0.128. The molecule has 0 unspecified atom stereocenters. The first kappa shape index (κ1) is 11.7. The van der Waals surface area contributed by atoms with Gasteiger partial charge in [-0.3, -0.25) is 0 Å². The summed E-state index contributed by atoms with van der Waals surface area (Å²) in [7, 11) is 0. The average Bonchev–Trinajstić information content (AvgIpc) is 2.80. The standard InChI is InChI=1S/C10H6FN5O2/c11-8-2-1-7(13-9(8)5-12)6-15-4-3-10(14-15)16(17)18/h1-4H,6H2. The number of rotatable bonds is 3. The van der Waals surface area contributed by atoms with Gasteiger partial charge in [-0.05, 0) is 17.1 Å². The lowest BCUT2D eigenvalue weighted by Crippen LogP contribution is -2.04. The largest absolute Gasteiger partial charge is 0.389 e. The van der Waals surface area contributed by atoms with Gasteiger partial charge in [-0.1, -0.05) is 0 Å². The van der Waals surface area contributed by atoms with Crippen LogP contribution in [0.25, 0.3) is 0 Å². The average molecular weight is 247 g/mol. The molecule has 0 aliphatic rings. The fourth-order valence-electron chi connectivity index (χ4n) is 1.35. The van der Waals surface area contributed by atoms with Crippen molar-refractivity contribution in [3.8, 4) is 6.07 Å². The molecule has 0 aromatic carbocycles. The minimum absolute atomic E-state index is 0.128. The fraction of sp³-hybridized carbons (Fsp3) is 0.100. The van der Waals surface area contributed by atoms with Crippen LogP contribution < -0.4 is 0 Å². The molecule has 0 atom stereocenters. The number of hydrogen-bond acceptors (Lipinski definition) is 5. The Kier molecular flexibility index (Phi) is 2.97. The van der Waals surface area contributed by atoms with Gasteiger partial charge in [0.1, 0.15) is 12.6 Å². The zero-order valence-corrected chi connectivity index (χ0v) is 8.95. The van der Waals surface area contributed by atoms with E-state index in [1.807, 2.05) is 0 Å². The summed E-state index contributed by atoms with van der Waals surface area (Å²) >= 11 is 0. The second kappa shape index (κ2) is 4.58. The summed E-state index contributed by atoms with van der Waals surface area (Å²) in [6.07, 6.45) is 1.41. The minimum atomic E-state index is -0.701. The fourth-order valence-corrected chi connectivity index (χ4v) is 1.35. The van der Waals surface area contributed by atoms with Crippen LogP contribution in [0, 0.1) is 27.3 Å². The van der Waals surface area contributed by atoms with E-state index in [4.69, 9.17) is 5.26 Å². The SMILES string of the molecule is N#Cc1nc(Cn2ccc([N+](=O)[O-])n2)ccc1F. The highest BCUT2D eigenvalue weighted by Gasteiger charge is 2.12. The number of nitro groups is 1. The summed E-state index contributed by atoms with van der Waals surface area (Å²) in [6, 6.07) is 5.38. The summed E-state index contributed by atoms with van der Waals surface area (Å²) in [5, 5.41) is 22.7. The van der Waals surface area contributed by atoms with Crippen molar-refractivity contribution >= 4 is 5.82 Å². The van der Waals surface area contributed by atoms with E-state index >= 15 is 0 Å². The second-order valence-electron chi connectivity index (χ2n) is 3.37. The van der Waals surface area contributed by atoms with E-state index in [1.165, 1.54) is 23.0 Å². The van der Waals surface area contributed by atoms with Crippen LogP contribution in [0.5, 0.6) is 0 Å². The maximum absolute atomic E-state index is 13.0. The van der Waals surface area contributed by atoms with Crippen LogP contribution in [0.4, 0.5) is 10.2 Å². The summed E-state index contributed by atoms with van der Waals surface area (Å²) in [4.78, 5) is 13.6. The lowest BCUT2D eigenvalue weighted by atomic mass is 10.3. The van der Waals surface area contributed by atoms with Crippen LogP contribution in [-0.4, -0.2) is 19.7 Å². The van der Waals surface area contributed by atoms with Crippen molar-refractivity contribution < 1.29 is 9.31 Å². The normalized spacial score (nSPS) is 10.0. The number of nitrogens with zero attached hydrogens (tertiary/aromatic N) is 5. The molecule has 90 valence electrons. The maximum Gasteiger partial charge on any atom is 0.389 e. The smallest absolute Gasteiger partial charge is 0.358 e. The van der Waals surface area contributed by atoms with Gasteiger partial charge in [-0.25, -0.2) is 9.37 Å². The molecule has 0 fully saturated rings. The first-order chi connectivity index (χ1) is 8.60. The van der Waals surface area contributed by atoms with Crippen molar-refractivity contribution in [1.82, 2.24) is 14.8 Å². The Morgan fingerprint density at radius 1 is 1.50 bits per heavy atom. The maximum atomic E-state index is 13.0. The molecule has 2 heterocycles. The topological polar surface area (TPSA) is 97.6 Å². The molecule has 0 saturated heterocycles. The molecule has 0 spiro atoms. The summed E-state index contributed by atoms with van der Waals surface area (Å²) in [5.74, 6) is -0.981. The Morgan fingerprint density at radius 3 is 2.89 bits per heavy atom. The van der Waals surface area contributed by atoms with Crippen LogP contribution in [0.15, 0.2) is 24.4 Å². The van der Waals surface area contributed by atoms with E-state index < -0.39 is 10.7 Å². The molecule has 7 nitrogen and oxygen atoms in total. The van der Waals surface area contributed by atoms with Gasteiger partial charge in [-0.2, -0.15) is 9.94 Å². The molecule has 2 rings (SSSR count). The minimum Gasteiger partial charge on any atom is -0.358 e. The van der Waals surface area contributed by atoms with Crippen molar-refractivity contribution in [1.29, 1.82) is 5.26 Å². The number of aromatic nitrogens is 3. The van der Waals surface area contributed by atoms with E-state index in [1.54, 1.807) is 6.07 Å². The Hall–Kier alpha value is -2.82. The number of halogens is 1. The summed E-state index contributed by atoms with van der Waals surface area (Å²) in [5.41, 5.74) is 0.0834. The molecule has 0 saturated carbocycles. The van der Waals surface area contributed by atoms with Crippen LogP contribution in [0.2, 0.25) is 0 Å². The van der Waals surface area contributed by atoms with Crippen LogP contribution in [-0.2, 0) is 6.54 Å². The van der Waals surface area contributed by atoms with Crippen LogP contribution in [0.3, 0.4) is 0 Å². The van der Waals surface area contributed by atoms with Gasteiger partial charge < -0.3 is 10.1 Å². The molecule has 8 heteroatoms. The van der Waals surface area contributed by atoms with Gasteiger partial charge in [0.2, 0.25) is 0 Å². The molecular weight excluding hydrogens is 241 g/mol. The zero-order chi connectivity index (χ0) is 13.1. The Balaban J connectivity index is 2.23. The van der Waals surface area contributed by atoms with E-state index in [0.29, 0.717) is 5.69 Å². The summed E-state index contributed by atoms with van der Waals surface area (Å²) < 4.78 is 14.3. The number of nitriles is 1. The number of pyridine rings is 1. The molecule has 0 amide bonds. The molecule has 0 radical (unpaired) electrons. The third-order valence-electron chi connectivity index (χ3n) is 2.15. The van der Waals surface area contributed by atoms with E-state index in [0.717, 1.165) is 6.07 Å². The predicted octanol–water partition coefficient (Wildman–Crippen LogP) is 1.25. The highest BCUT2D eigenvalue weighted by atomic mass is 19.1. The monoisotopic (exact) mass is 247 g/mol. The quantitative estimate of drug-likeness (QED) is 0.600.